The maximum Gasteiger partial charge on any atom is 0.258 e. The monoisotopic (exact) mass is 265 g/mol. The fraction of sp³-hybridized carbons (Fsp3) is 0.176. The molecule has 2 aromatic rings. The van der Waals surface area contributed by atoms with Crippen LogP contribution in [0.25, 0.3) is 0 Å². The van der Waals surface area contributed by atoms with Crippen molar-refractivity contribution in [3.05, 3.63) is 65.2 Å². The van der Waals surface area contributed by atoms with Crippen molar-refractivity contribution in [2.45, 2.75) is 13.3 Å². The molecule has 3 nitrogen and oxygen atoms in total. The Morgan fingerprint density at radius 1 is 1.05 bits per heavy atom. The first-order valence-corrected chi connectivity index (χ1v) is 6.67. The highest BCUT2D eigenvalue weighted by Crippen LogP contribution is 2.24. The molecule has 100 valence electrons. The van der Waals surface area contributed by atoms with Crippen molar-refractivity contribution in [3.8, 4) is 0 Å². The third-order valence-electron chi connectivity index (χ3n) is 3.68. The second kappa shape index (κ2) is 4.93. The Morgan fingerprint density at radius 3 is 2.45 bits per heavy atom. The highest BCUT2D eigenvalue weighted by molar-refractivity contribution is 6.08. The van der Waals surface area contributed by atoms with Gasteiger partial charge in [0.25, 0.3) is 5.91 Å². The number of carbonyl (C=O) groups is 2. The number of hydrogen-bond donors (Lipinski definition) is 0. The maximum absolute atomic E-state index is 12.5. The number of fused-ring (bicyclic) bond motifs is 1. The molecule has 0 fully saturated rings. The van der Waals surface area contributed by atoms with Crippen LogP contribution < -0.4 is 4.90 Å². The Balaban J connectivity index is 1.92. The van der Waals surface area contributed by atoms with Crippen LogP contribution in [0.5, 0.6) is 0 Å². The van der Waals surface area contributed by atoms with E-state index in [2.05, 4.69) is 0 Å². The van der Waals surface area contributed by atoms with Crippen LogP contribution in [-0.2, 0) is 6.42 Å². The molecule has 3 rings (SSSR count). The predicted octanol–water partition coefficient (Wildman–Crippen LogP) is 3.09. The number of rotatable bonds is 2. The first-order chi connectivity index (χ1) is 9.66. The van der Waals surface area contributed by atoms with Gasteiger partial charge in [0.1, 0.15) is 0 Å². The minimum atomic E-state index is 0.0300. The minimum absolute atomic E-state index is 0.0300. The van der Waals surface area contributed by atoms with E-state index in [4.69, 9.17) is 0 Å². The van der Waals surface area contributed by atoms with Crippen LogP contribution in [0.15, 0.2) is 48.5 Å². The molecular formula is C17H15NO2. The Labute approximate surface area is 117 Å². The second-order valence-electron chi connectivity index (χ2n) is 4.97. The number of hydrogen-bond acceptors (Lipinski definition) is 2. The third-order valence-corrected chi connectivity index (χ3v) is 3.68. The Morgan fingerprint density at radius 2 is 1.75 bits per heavy atom. The summed E-state index contributed by atoms with van der Waals surface area (Å²) in [4.78, 5) is 25.5. The molecule has 0 unspecified atom stereocenters. The van der Waals surface area contributed by atoms with Gasteiger partial charge in [-0.15, -0.1) is 0 Å². The van der Waals surface area contributed by atoms with Gasteiger partial charge in [-0.25, -0.2) is 0 Å². The number of nitrogens with zero attached hydrogens (tertiary/aromatic N) is 1. The minimum Gasteiger partial charge on any atom is -0.308 e. The number of anilines is 1. The molecule has 0 N–H and O–H groups in total. The van der Waals surface area contributed by atoms with Crippen LogP contribution in [0, 0.1) is 0 Å². The van der Waals surface area contributed by atoms with Gasteiger partial charge < -0.3 is 4.90 Å². The van der Waals surface area contributed by atoms with Gasteiger partial charge in [-0.2, -0.15) is 0 Å². The quantitative estimate of drug-likeness (QED) is 0.782. The van der Waals surface area contributed by atoms with Crippen molar-refractivity contribution in [2.75, 3.05) is 11.4 Å². The summed E-state index contributed by atoms with van der Waals surface area (Å²) in [7, 11) is 0. The molecule has 1 aliphatic rings. The predicted molar refractivity (Wildman–Crippen MR) is 78.3 cm³/mol. The Bertz CT molecular complexity index is 674. The van der Waals surface area contributed by atoms with E-state index in [0.29, 0.717) is 12.1 Å². The summed E-state index contributed by atoms with van der Waals surface area (Å²) in [6.07, 6.45) is 0.858. The lowest BCUT2D eigenvalue weighted by molar-refractivity contribution is 0.0979. The first kappa shape index (κ1) is 12.6. The Hall–Kier alpha value is -2.42. The van der Waals surface area contributed by atoms with Crippen LogP contribution in [0.3, 0.4) is 0 Å². The molecule has 0 spiro atoms. The fourth-order valence-corrected chi connectivity index (χ4v) is 2.55. The van der Waals surface area contributed by atoms with Crippen LogP contribution in [0.4, 0.5) is 5.69 Å². The van der Waals surface area contributed by atoms with Gasteiger partial charge in [0, 0.05) is 23.4 Å². The third kappa shape index (κ3) is 2.11. The van der Waals surface area contributed by atoms with E-state index in [1.165, 1.54) is 6.92 Å². The topological polar surface area (TPSA) is 37.4 Å². The van der Waals surface area contributed by atoms with Crippen molar-refractivity contribution in [1.29, 1.82) is 0 Å². The molecule has 20 heavy (non-hydrogen) atoms. The average molecular weight is 265 g/mol. The van der Waals surface area contributed by atoms with E-state index in [9.17, 15) is 9.59 Å². The standard InChI is InChI=1S/C17H15NO2/c1-12(19)13-6-8-15(9-7-13)18-11-10-14-4-2-3-5-16(14)17(18)20/h2-9H,10-11H2,1H3. The molecule has 0 atom stereocenters. The van der Waals surface area contributed by atoms with Crippen LogP contribution >= 0.6 is 0 Å². The highest BCUT2D eigenvalue weighted by Gasteiger charge is 2.24. The lowest BCUT2D eigenvalue weighted by Crippen LogP contribution is -2.37. The molecule has 0 saturated carbocycles. The summed E-state index contributed by atoms with van der Waals surface area (Å²) in [6.45, 7) is 2.21. The van der Waals surface area contributed by atoms with Gasteiger partial charge in [0.05, 0.1) is 0 Å². The zero-order valence-corrected chi connectivity index (χ0v) is 11.3. The van der Waals surface area contributed by atoms with E-state index in [1.807, 2.05) is 36.4 Å². The smallest absolute Gasteiger partial charge is 0.258 e. The molecule has 0 radical (unpaired) electrons. The molecule has 1 amide bonds. The van der Waals surface area contributed by atoms with Gasteiger partial charge in [-0.3, -0.25) is 9.59 Å². The summed E-state index contributed by atoms with van der Waals surface area (Å²) in [5.74, 6) is 0.0642. The SMILES string of the molecule is CC(=O)c1ccc(N2CCc3ccccc3C2=O)cc1. The lowest BCUT2D eigenvalue weighted by Gasteiger charge is -2.28. The van der Waals surface area contributed by atoms with Crippen LogP contribution in [0.2, 0.25) is 0 Å². The number of amides is 1. The molecule has 2 aromatic carbocycles. The Kier molecular flexibility index (Phi) is 3.11. The number of Topliss-reactive ketones (excluding diaryl/α,β-unsaturated/α-hetero) is 1. The summed E-state index contributed by atoms with van der Waals surface area (Å²) >= 11 is 0. The zero-order valence-electron chi connectivity index (χ0n) is 11.3. The second-order valence-corrected chi connectivity index (χ2v) is 4.97. The molecule has 0 aromatic heterocycles. The van der Waals surface area contributed by atoms with Gasteiger partial charge in [0.2, 0.25) is 0 Å². The van der Waals surface area contributed by atoms with Crippen molar-refractivity contribution >= 4 is 17.4 Å². The van der Waals surface area contributed by atoms with E-state index < -0.39 is 0 Å². The fourth-order valence-electron chi connectivity index (χ4n) is 2.55. The number of ketones is 1. The first-order valence-electron chi connectivity index (χ1n) is 6.67. The molecule has 3 heteroatoms. The van der Waals surface area contributed by atoms with E-state index in [0.717, 1.165) is 23.2 Å². The van der Waals surface area contributed by atoms with Gasteiger partial charge in [-0.05, 0) is 49.2 Å². The number of benzene rings is 2. The summed E-state index contributed by atoms with van der Waals surface area (Å²) in [6, 6.07) is 14.9. The normalized spacial score (nSPS) is 14.1. The van der Waals surface area contributed by atoms with Crippen molar-refractivity contribution in [2.24, 2.45) is 0 Å². The van der Waals surface area contributed by atoms with E-state index in [1.54, 1.807) is 17.0 Å². The zero-order chi connectivity index (χ0) is 14.1. The van der Waals surface area contributed by atoms with E-state index >= 15 is 0 Å². The molecule has 1 aliphatic heterocycles. The maximum atomic E-state index is 12.5. The van der Waals surface area contributed by atoms with Gasteiger partial charge in [0.15, 0.2) is 5.78 Å². The van der Waals surface area contributed by atoms with Crippen molar-refractivity contribution in [1.82, 2.24) is 0 Å². The molecule has 0 bridgehead atoms. The van der Waals surface area contributed by atoms with Crippen molar-refractivity contribution < 1.29 is 9.59 Å². The van der Waals surface area contributed by atoms with E-state index in [-0.39, 0.29) is 11.7 Å². The van der Waals surface area contributed by atoms with Gasteiger partial charge in [-0.1, -0.05) is 18.2 Å². The molecule has 0 aliphatic carbocycles. The average Bonchev–Trinajstić information content (AvgIpc) is 2.48. The summed E-state index contributed by atoms with van der Waals surface area (Å²) in [5, 5.41) is 0. The van der Waals surface area contributed by atoms with Crippen molar-refractivity contribution in [3.63, 3.8) is 0 Å². The lowest BCUT2D eigenvalue weighted by atomic mass is 9.98. The summed E-state index contributed by atoms with van der Waals surface area (Å²) in [5.41, 5.74) is 3.39. The summed E-state index contributed by atoms with van der Waals surface area (Å²) < 4.78 is 0. The molecular weight excluding hydrogens is 250 g/mol. The largest absolute Gasteiger partial charge is 0.308 e. The van der Waals surface area contributed by atoms with Crippen LogP contribution in [0.1, 0.15) is 33.2 Å². The molecule has 1 heterocycles. The van der Waals surface area contributed by atoms with Crippen LogP contribution in [-0.4, -0.2) is 18.2 Å². The molecule has 0 saturated heterocycles. The highest BCUT2D eigenvalue weighted by atomic mass is 16.2. The number of carbonyl (C=O) groups excluding carboxylic acids is 2. The van der Waals surface area contributed by atoms with Gasteiger partial charge >= 0.3 is 0 Å².